The lowest BCUT2D eigenvalue weighted by Gasteiger charge is -2.32. The minimum absolute atomic E-state index is 0.500. The van der Waals surface area contributed by atoms with Gasteiger partial charge in [0.2, 0.25) is 0 Å². The number of likely N-dealkylation sites (tertiary alicyclic amines) is 1. The zero-order valence-electron chi connectivity index (χ0n) is 10.5. The van der Waals surface area contributed by atoms with Gasteiger partial charge in [0.1, 0.15) is 11.6 Å². The Labute approximate surface area is 107 Å². The van der Waals surface area contributed by atoms with Gasteiger partial charge in [-0.15, -0.1) is 0 Å². The third-order valence-corrected chi connectivity index (χ3v) is 3.51. The number of hydrogen-bond acceptors (Lipinski definition) is 2. The Morgan fingerprint density at radius 2 is 1.94 bits per heavy atom. The Hall–Kier alpha value is -1.00. The third kappa shape index (κ3) is 3.75. The molecule has 0 amide bonds. The number of rotatable bonds is 4. The van der Waals surface area contributed by atoms with E-state index in [0.29, 0.717) is 24.6 Å². The highest BCUT2D eigenvalue weighted by Crippen LogP contribution is 2.21. The van der Waals surface area contributed by atoms with Crippen molar-refractivity contribution in [2.45, 2.75) is 25.8 Å². The molecule has 1 atom stereocenters. The molecule has 0 aliphatic carbocycles. The molecule has 1 aromatic rings. The SMILES string of the molecule is NCCC1CCCN(Cc2cc(F)cc(F)c2)C1. The molecule has 100 valence electrons. The van der Waals surface area contributed by atoms with Gasteiger partial charge in [0.05, 0.1) is 0 Å². The second-order valence-corrected chi connectivity index (χ2v) is 5.10. The number of nitrogens with two attached hydrogens (primary N) is 1. The van der Waals surface area contributed by atoms with Crippen molar-refractivity contribution in [2.24, 2.45) is 11.7 Å². The standard InChI is InChI=1S/C14H20F2N2/c15-13-6-12(7-14(16)8-13)10-18-5-1-2-11(9-18)3-4-17/h6-8,11H,1-5,9-10,17H2. The summed E-state index contributed by atoms with van der Waals surface area (Å²) in [5.74, 6) is -0.372. The van der Waals surface area contributed by atoms with Crippen molar-refractivity contribution in [3.05, 3.63) is 35.4 Å². The summed E-state index contributed by atoms with van der Waals surface area (Å²) in [6.07, 6.45) is 3.39. The van der Waals surface area contributed by atoms with Gasteiger partial charge in [0.25, 0.3) is 0 Å². The van der Waals surface area contributed by atoms with Gasteiger partial charge in [0, 0.05) is 19.2 Å². The van der Waals surface area contributed by atoms with Crippen LogP contribution in [0.3, 0.4) is 0 Å². The van der Waals surface area contributed by atoms with E-state index in [1.165, 1.54) is 18.6 Å². The lowest BCUT2D eigenvalue weighted by atomic mass is 9.94. The van der Waals surface area contributed by atoms with Crippen molar-refractivity contribution in [3.8, 4) is 0 Å². The number of benzene rings is 1. The maximum absolute atomic E-state index is 13.1. The molecule has 0 bridgehead atoms. The Balaban J connectivity index is 1.95. The minimum atomic E-state index is -0.500. The lowest BCUT2D eigenvalue weighted by Crippen LogP contribution is -2.35. The van der Waals surface area contributed by atoms with Crippen LogP contribution in [0, 0.1) is 17.6 Å². The topological polar surface area (TPSA) is 29.3 Å². The van der Waals surface area contributed by atoms with Gasteiger partial charge in [0.15, 0.2) is 0 Å². The van der Waals surface area contributed by atoms with E-state index in [0.717, 1.165) is 32.0 Å². The number of hydrogen-bond donors (Lipinski definition) is 1. The molecule has 1 aromatic carbocycles. The fraction of sp³-hybridized carbons (Fsp3) is 0.571. The fourth-order valence-corrected chi connectivity index (χ4v) is 2.73. The Morgan fingerprint density at radius 1 is 1.22 bits per heavy atom. The van der Waals surface area contributed by atoms with E-state index in [9.17, 15) is 8.78 Å². The zero-order chi connectivity index (χ0) is 13.0. The minimum Gasteiger partial charge on any atom is -0.330 e. The van der Waals surface area contributed by atoms with Crippen LogP contribution >= 0.6 is 0 Å². The molecule has 1 saturated heterocycles. The smallest absolute Gasteiger partial charge is 0.126 e. The molecule has 2 N–H and O–H groups in total. The molecule has 1 aliphatic rings. The Morgan fingerprint density at radius 3 is 2.61 bits per heavy atom. The average molecular weight is 254 g/mol. The molecule has 18 heavy (non-hydrogen) atoms. The first-order valence-corrected chi connectivity index (χ1v) is 6.55. The predicted molar refractivity (Wildman–Crippen MR) is 68.0 cm³/mol. The quantitative estimate of drug-likeness (QED) is 0.894. The van der Waals surface area contributed by atoms with E-state index in [2.05, 4.69) is 4.90 Å². The summed E-state index contributed by atoms with van der Waals surface area (Å²) >= 11 is 0. The largest absolute Gasteiger partial charge is 0.330 e. The van der Waals surface area contributed by atoms with E-state index < -0.39 is 11.6 Å². The molecule has 1 aliphatic heterocycles. The lowest BCUT2D eigenvalue weighted by molar-refractivity contribution is 0.163. The highest BCUT2D eigenvalue weighted by atomic mass is 19.1. The van der Waals surface area contributed by atoms with E-state index in [1.807, 2.05) is 0 Å². The summed E-state index contributed by atoms with van der Waals surface area (Å²) < 4.78 is 26.2. The number of piperidine rings is 1. The molecule has 2 rings (SSSR count). The van der Waals surface area contributed by atoms with Gasteiger partial charge in [-0.3, -0.25) is 4.90 Å². The highest BCUT2D eigenvalue weighted by molar-refractivity contribution is 5.17. The Bertz CT molecular complexity index is 373. The fourth-order valence-electron chi connectivity index (χ4n) is 2.73. The van der Waals surface area contributed by atoms with Gasteiger partial charge in [-0.1, -0.05) is 0 Å². The summed E-state index contributed by atoms with van der Waals surface area (Å²) in [5, 5.41) is 0. The van der Waals surface area contributed by atoms with Crippen molar-refractivity contribution < 1.29 is 8.78 Å². The first kappa shape index (κ1) is 13.4. The molecule has 1 heterocycles. The molecular formula is C14H20F2N2. The number of nitrogens with zero attached hydrogens (tertiary/aromatic N) is 1. The van der Waals surface area contributed by atoms with Crippen molar-refractivity contribution in [2.75, 3.05) is 19.6 Å². The van der Waals surface area contributed by atoms with Crippen LogP contribution in [0.1, 0.15) is 24.8 Å². The van der Waals surface area contributed by atoms with Crippen LogP contribution < -0.4 is 5.73 Å². The molecule has 4 heteroatoms. The van der Waals surface area contributed by atoms with Gasteiger partial charge in [-0.05, 0) is 56.0 Å². The molecule has 0 saturated carbocycles. The van der Waals surface area contributed by atoms with Gasteiger partial charge < -0.3 is 5.73 Å². The number of halogens is 2. The van der Waals surface area contributed by atoms with Crippen LogP contribution in [0.2, 0.25) is 0 Å². The summed E-state index contributed by atoms with van der Waals surface area (Å²) in [6, 6.07) is 3.74. The highest BCUT2D eigenvalue weighted by Gasteiger charge is 2.19. The zero-order valence-corrected chi connectivity index (χ0v) is 10.5. The second-order valence-electron chi connectivity index (χ2n) is 5.10. The first-order valence-electron chi connectivity index (χ1n) is 6.55. The van der Waals surface area contributed by atoms with Crippen molar-refractivity contribution in [1.29, 1.82) is 0 Å². The molecular weight excluding hydrogens is 234 g/mol. The van der Waals surface area contributed by atoms with E-state index in [-0.39, 0.29) is 0 Å². The molecule has 2 nitrogen and oxygen atoms in total. The third-order valence-electron chi connectivity index (χ3n) is 3.51. The van der Waals surface area contributed by atoms with Gasteiger partial charge >= 0.3 is 0 Å². The predicted octanol–water partition coefficient (Wildman–Crippen LogP) is 2.53. The van der Waals surface area contributed by atoms with E-state index >= 15 is 0 Å². The molecule has 1 unspecified atom stereocenters. The van der Waals surface area contributed by atoms with Crippen LogP contribution in [-0.4, -0.2) is 24.5 Å². The van der Waals surface area contributed by atoms with E-state index in [4.69, 9.17) is 5.73 Å². The Kier molecular flexibility index (Phi) is 4.66. The monoisotopic (exact) mass is 254 g/mol. The summed E-state index contributed by atoms with van der Waals surface area (Å²) in [4.78, 5) is 2.26. The second kappa shape index (κ2) is 6.25. The van der Waals surface area contributed by atoms with Crippen LogP contribution in [0.15, 0.2) is 18.2 Å². The van der Waals surface area contributed by atoms with E-state index in [1.54, 1.807) is 0 Å². The molecule has 1 fully saturated rings. The summed E-state index contributed by atoms with van der Waals surface area (Å²) in [6.45, 7) is 3.32. The summed E-state index contributed by atoms with van der Waals surface area (Å²) in [5.41, 5.74) is 6.29. The maximum atomic E-state index is 13.1. The van der Waals surface area contributed by atoms with Crippen LogP contribution in [0.25, 0.3) is 0 Å². The van der Waals surface area contributed by atoms with Gasteiger partial charge in [-0.2, -0.15) is 0 Å². The molecule has 0 spiro atoms. The molecule has 0 aromatic heterocycles. The normalized spacial score (nSPS) is 21.2. The van der Waals surface area contributed by atoms with Crippen molar-refractivity contribution in [1.82, 2.24) is 4.90 Å². The van der Waals surface area contributed by atoms with Crippen molar-refractivity contribution >= 4 is 0 Å². The average Bonchev–Trinajstić information content (AvgIpc) is 2.28. The van der Waals surface area contributed by atoms with Crippen LogP contribution in [0.4, 0.5) is 8.78 Å². The maximum Gasteiger partial charge on any atom is 0.126 e. The first-order chi connectivity index (χ1) is 8.67. The van der Waals surface area contributed by atoms with Crippen LogP contribution in [0.5, 0.6) is 0 Å². The van der Waals surface area contributed by atoms with Crippen molar-refractivity contribution in [3.63, 3.8) is 0 Å². The summed E-state index contributed by atoms with van der Waals surface area (Å²) in [7, 11) is 0. The van der Waals surface area contributed by atoms with Gasteiger partial charge in [-0.25, -0.2) is 8.78 Å². The van der Waals surface area contributed by atoms with Crippen LogP contribution in [-0.2, 0) is 6.54 Å². The molecule has 0 radical (unpaired) electrons.